The Bertz CT molecular complexity index is 1030. The number of hydrogen-bond donors (Lipinski definition) is 0. The topological polar surface area (TPSA) is 69.1 Å². The Balaban J connectivity index is 1.78. The third kappa shape index (κ3) is 2.37. The fraction of sp³-hybridized carbons (Fsp3) is 0.200. The summed E-state index contributed by atoms with van der Waals surface area (Å²) in [6.45, 7) is 3.70. The summed E-state index contributed by atoms with van der Waals surface area (Å²) in [4.78, 5) is 0.510. The van der Waals surface area contributed by atoms with Crippen LogP contribution in [-0.2, 0) is 6.42 Å². The second-order valence-electron chi connectivity index (χ2n) is 5.32. The number of aromatic nitrogens is 5. The molecule has 0 aliphatic rings. The molecule has 0 unspecified atom stereocenters. The summed E-state index contributed by atoms with van der Waals surface area (Å²) in [6, 6.07) is 3.20. The number of fused-ring (bicyclic) bond motifs is 1. The molecular weight excluding hydrogens is 336 g/mol. The van der Waals surface area contributed by atoms with Gasteiger partial charge in [-0.3, -0.25) is 0 Å². The van der Waals surface area contributed by atoms with Gasteiger partial charge in [0.15, 0.2) is 5.82 Å². The molecule has 0 saturated carbocycles. The fourth-order valence-corrected chi connectivity index (χ4v) is 3.32. The van der Waals surface area contributed by atoms with Gasteiger partial charge in [0.2, 0.25) is 4.96 Å². The minimum absolute atomic E-state index is 0.0247. The van der Waals surface area contributed by atoms with Crippen molar-refractivity contribution in [1.82, 2.24) is 25.0 Å². The maximum absolute atomic E-state index is 14.0. The molecule has 0 N–H and O–H groups in total. The Morgan fingerprint density at radius 3 is 2.79 bits per heavy atom. The first-order valence-electron chi connectivity index (χ1n) is 7.11. The molecule has 122 valence electrons. The highest BCUT2D eigenvalue weighted by molar-refractivity contribution is 7.16. The van der Waals surface area contributed by atoms with Crippen molar-refractivity contribution in [2.24, 2.45) is 0 Å². The summed E-state index contributed by atoms with van der Waals surface area (Å²) in [5, 5.41) is 17.0. The van der Waals surface area contributed by atoms with Gasteiger partial charge in [-0.2, -0.15) is 9.61 Å². The van der Waals surface area contributed by atoms with Crippen LogP contribution in [0.1, 0.15) is 22.0 Å². The lowest BCUT2D eigenvalue weighted by atomic mass is 10.1. The number of benzene rings is 1. The smallest absolute Gasteiger partial charge is 0.234 e. The van der Waals surface area contributed by atoms with Crippen LogP contribution >= 0.6 is 11.3 Å². The maximum Gasteiger partial charge on any atom is 0.234 e. The molecule has 0 saturated heterocycles. The number of rotatable bonds is 3. The second-order valence-corrected chi connectivity index (χ2v) is 6.36. The van der Waals surface area contributed by atoms with Crippen LogP contribution in [0.5, 0.6) is 0 Å². The lowest BCUT2D eigenvalue weighted by molar-refractivity contribution is 0.392. The molecule has 9 heteroatoms. The van der Waals surface area contributed by atoms with Gasteiger partial charge in [0.1, 0.15) is 22.4 Å². The van der Waals surface area contributed by atoms with Crippen molar-refractivity contribution >= 4 is 16.3 Å². The summed E-state index contributed by atoms with van der Waals surface area (Å²) in [5.74, 6) is -0.224. The molecule has 0 atom stereocenters. The zero-order chi connectivity index (χ0) is 16.8. The molecule has 0 amide bonds. The van der Waals surface area contributed by atoms with Crippen molar-refractivity contribution in [2.45, 2.75) is 20.3 Å². The molecule has 4 rings (SSSR count). The predicted molar refractivity (Wildman–Crippen MR) is 82.8 cm³/mol. The lowest BCUT2D eigenvalue weighted by Gasteiger charge is -1.99. The Kier molecular flexibility index (Phi) is 3.38. The molecule has 3 aromatic heterocycles. The number of nitrogens with zero attached hydrogens (tertiary/aromatic N) is 5. The SMILES string of the molecule is Cc1noc(C)c1Cc1nn2c(-c3cc(F)ccc3F)nnc2s1. The van der Waals surface area contributed by atoms with Crippen molar-refractivity contribution in [3.63, 3.8) is 0 Å². The second kappa shape index (κ2) is 5.45. The van der Waals surface area contributed by atoms with Crippen molar-refractivity contribution in [2.75, 3.05) is 0 Å². The van der Waals surface area contributed by atoms with Crippen LogP contribution in [0, 0.1) is 25.5 Å². The van der Waals surface area contributed by atoms with Gasteiger partial charge in [-0.1, -0.05) is 16.5 Å². The molecule has 1 aromatic carbocycles. The average molecular weight is 347 g/mol. The molecule has 6 nitrogen and oxygen atoms in total. The highest BCUT2D eigenvalue weighted by Crippen LogP contribution is 2.26. The highest BCUT2D eigenvalue weighted by atomic mass is 32.1. The summed E-state index contributed by atoms with van der Waals surface area (Å²) in [5.41, 5.74) is 1.78. The zero-order valence-corrected chi connectivity index (χ0v) is 13.6. The summed E-state index contributed by atoms with van der Waals surface area (Å²) in [7, 11) is 0. The van der Waals surface area contributed by atoms with Gasteiger partial charge in [-0.05, 0) is 32.0 Å². The van der Waals surface area contributed by atoms with Crippen molar-refractivity contribution < 1.29 is 13.3 Å². The Labute approximate surface area is 138 Å². The van der Waals surface area contributed by atoms with E-state index in [9.17, 15) is 8.78 Å². The molecule has 24 heavy (non-hydrogen) atoms. The van der Waals surface area contributed by atoms with Gasteiger partial charge in [-0.25, -0.2) is 8.78 Å². The number of hydrogen-bond acceptors (Lipinski definition) is 6. The van der Waals surface area contributed by atoms with E-state index in [1.165, 1.54) is 15.9 Å². The summed E-state index contributed by atoms with van der Waals surface area (Å²) < 4.78 is 34.0. The number of halogens is 2. The molecular formula is C15H11F2N5OS. The molecule has 0 aliphatic heterocycles. The van der Waals surface area contributed by atoms with Crippen molar-refractivity contribution in [3.05, 3.63) is 51.9 Å². The fourth-order valence-electron chi connectivity index (χ4n) is 2.47. The zero-order valence-electron chi connectivity index (χ0n) is 12.7. The van der Waals surface area contributed by atoms with Crippen LogP contribution in [0.2, 0.25) is 0 Å². The van der Waals surface area contributed by atoms with Gasteiger partial charge in [0.25, 0.3) is 0 Å². The van der Waals surface area contributed by atoms with E-state index in [4.69, 9.17) is 4.52 Å². The Hall–Kier alpha value is -2.68. The van der Waals surface area contributed by atoms with E-state index in [1.54, 1.807) is 0 Å². The molecule has 3 heterocycles. The Morgan fingerprint density at radius 2 is 2.04 bits per heavy atom. The van der Waals surface area contributed by atoms with E-state index in [0.717, 1.165) is 40.2 Å². The van der Waals surface area contributed by atoms with Crippen molar-refractivity contribution in [3.8, 4) is 11.4 Å². The van der Waals surface area contributed by atoms with E-state index >= 15 is 0 Å². The van der Waals surface area contributed by atoms with Crippen LogP contribution < -0.4 is 0 Å². The Morgan fingerprint density at radius 1 is 1.21 bits per heavy atom. The van der Waals surface area contributed by atoms with Crippen LogP contribution in [0.25, 0.3) is 16.3 Å². The lowest BCUT2D eigenvalue weighted by Crippen LogP contribution is -1.97. The van der Waals surface area contributed by atoms with Gasteiger partial charge >= 0.3 is 0 Å². The summed E-state index contributed by atoms with van der Waals surface area (Å²) >= 11 is 1.33. The van der Waals surface area contributed by atoms with Crippen molar-refractivity contribution in [1.29, 1.82) is 0 Å². The van der Waals surface area contributed by atoms with Gasteiger partial charge in [0, 0.05) is 12.0 Å². The van der Waals surface area contributed by atoms with Gasteiger partial charge < -0.3 is 4.52 Å². The average Bonchev–Trinajstić information content (AvgIpc) is 3.20. The first kappa shape index (κ1) is 14.9. The highest BCUT2D eigenvalue weighted by Gasteiger charge is 2.19. The van der Waals surface area contributed by atoms with E-state index < -0.39 is 11.6 Å². The predicted octanol–water partition coefficient (Wildman–Crippen LogP) is 3.33. The first-order chi connectivity index (χ1) is 11.5. The van der Waals surface area contributed by atoms with Crippen LogP contribution in [0.3, 0.4) is 0 Å². The van der Waals surface area contributed by atoms with Gasteiger partial charge in [0.05, 0.1) is 11.3 Å². The minimum atomic E-state index is -0.578. The normalized spacial score (nSPS) is 11.5. The molecule has 4 aromatic rings. The molecule has 0 fully saturated rings. The number of aryl methyl sites for hydroxylation is 2. The van der Waals surface area contributed by atoms with E-state index in [-0.39, 0.29) is 11.4 Å². The molecule has 0 aliphatic carbocycles. The van der Waals surface area contributed by atoms with Crippen LogP contribution in [0.4, 0.5) is 8.78 Å². The largest absolute Gasteiger partial charge is 0.361 e. The third-order valence-electron chi connectivity index (χ3n) is 3.71. The van der Waals surface area contributed by atoms with E-state index in [2.05, 4.69) is 20.5 Å². The van der Waals surface area contributed by atoms with Gasteiger partial charge in [-0.15, -0.1) is 10.2 Å². The standard InChI is InChI=1S/C15H11F2N5OS/c1-7-10(8(2)23-21-7)6-13-20-22-14(18-19-15(22)24-13)11-5-9(16)3-4-12(11)17/h3-5H,6H2,1-2H3. The molecule has 0 bridgehead atoms. The monoisotopic (exact) mass is 347 g/mol. The van der Waals surface area contributed by atoms with Crippen LogP contribution in [-0.4, -0.2) is 25.0 Å². The third-order valence-corrected chi connectivity index (χ3v) is 4.61. The van der Waals surface area contributed by atoms with E-state index in [0.29, 0.717) is 11.4 Å². The minimum Gasteiger partial charge on any atom is -0.361 e. The first-order valence-corrected chi connectivity index (χ1v) is 7.93. The molecule has 0 spiro atoms. The van der Waals surface area contributed by atoms with Crippen LogP contribution in [0.15, 0.2) is 22.7 Å². The quantitative estimate of drug-likeness (QED) is 0.569. The maximum atomic E-state index is 14.0. The van der Waals surface area contributed by atoms with E-state index in [1.807, 2.05) is 13.8 Å². The molecule has 0 radical (unpaired) electrons. The summed E-state index contributed by atoms with van der Waals surface area (Å²) in [6.07, 6.45) is 0.528.